The summed E-state index contributed by atoms with van der Waals surface area (Å²) in [4.78, 5) is 0. The van der Waals surface area contributed by atoms with Crippen LogP contribution in [0.5, 0.6) is 0 Å². The zero-order valence-electron chi connectivity index (χ0n) is 9.17. The van der Waals surface area contributed by atoms with Crippen molar-refractivity contribution in [2.75, 3.05) is 0 Å². The van der Waals surface area contributed by atoms with Crippen LogP contribution >= 0.6 is 11.6 Å². The third kappa shape index (κ3) is 2.93. The van der Waals surface area contributed by atoms with Crippen LogP contribution in [0.1, 0.15) is 32.4 Å². The minimum atomic E-state index is -0.776. The highest BCUT2D eigenvalue weighted by molar-refractivity contribution is 6.30. The van der Waals surface area contributed by atoms with Crippen molar-refractivity contribution >= 4 is 11.6 Å². The van der Waals surface area contributed by atoms with Crippen molar-refractivity contribution in [3.8, 4) is 0 Å². The Morgan fingerprint density at radius 1 is 1.27 bits per heavy atom. The van der Waals surface area contributed by atoms with E-state index in [-0.39, 0.29) is 5.92 Å². The first-order chi connectivity index (χ1) is 6.93. The van der Waals surface area contributed by atoms with E-state index >= 15 is 0 Å². The molecule has 0 bridgehead atoms. The fourth-order valence-corrected chi connectivity index (χ4v) is 1.55. The van der Waals surface area contributed by atoms with Gasteiger partial charge in [-0.3, -0.25) is 0 Å². The molecule has 1 aromatic carbocycles. The highest BCUT2D eigenvalue weighted by Crippen LogP contribution is 2.30. The van der Waals surface area contributed by atoms with Gasteiger partial charge in [0.1, 0.15) is 5.82 Å². The van der Waals surface area contributed by atoms with E-state index in [1.54, 1.807) is 12.1 Å². The summed E-state index contributed by atoms with van der Waals surface area (Å²) in [6.45, 7) is 5.91. The van der Waals surface area contributed by atoms with Gasteiger partial charge in [0.25, 0.3) is 0 Å². The molecule has 0 aromatic heterocycles. The fraction of sp³-hybridized carbons (Fsp3) is 0.500. The third-order valence-electron chi connectivity index (χ3n) is 2.83. The molecule has 2 unspecified atom stereocenters. The first kappa shape index (κ1) is 12.5. The van der Waals surface area contributed by atoms with E-state index in [1.165, 1.54) is 6.07 Å². The molecular weight excluding hydrogens is 215 g/mol. The molecule has 0 aliphatic rings. The van der Waals surface area contributed by atoms with Gasteiger partial charge in [-0.15, -0.1) is 0 Å². The average molecular weight is 231 g/mol. The topological polar surface area (TPSA) is 20.2 Å². The van der Waals surface area contributed by atoms with Crippen LogP contribution in [0.15, 0.2) is 18.2 Å². The Balaban J connectivity index is 2.96. The van der Waals surface area contributed by atoms with Crippen LogP contribution in [0.2, 0.25) is 5.02 Å². The summed E-state index contributed by atoms with van der Waals surface area (Å²) in [5.41, 5.74) is 0.320. The van der Waals surface area contributed by atoms with Crippen LogP contribution in [0.4, 0.5) is 4.39 Å². The van der Waals surface area contributed by atoms with Gasteiger partial charge in [0.05, 0.1) is 6.10 Å². The van der Waals surface area contributed by atoms with Gasteiger partial charge < -0.3 is 5.11 Å². The number of rotatable bonds is 3. The molecule has 0 amide bonds. The molecular formula is C12H16ClFO. The molecule has 1 nitrogen and oxygen atoms in total. The van der Waals surface area contributed by atoms with Gasteiger partial charge in [-0.2, -0.15) is 0 Å². The lowest BCUT2D eigenvalue weighted by atomic mass is 9.88. The van der Waals surface area contributed by atoms with Crippen molar-refractivity contribution in [2.45, 2.75) is 26.9 Å². The van der Waals surface area contributed by atoms with Crippen LogP contribution in [0, 0.1) is 17.7 Å². The number of aliphatic hydroxyl groups is 1. The summed E-state index contributed by atoms with van der Waals surface area (Å²) < 4.78 is 13.5. The normalized spacial score (nSPS) is 15.4. The molecule has 1 rings (SSSR count). The fourth-order valence-electron chi connectivity index (χ4n) is 1.39. The first-order valence-corrected chi connectivity index (χ1v) is 5.44. The maximum absolute atomic E-state index is 13.5. The molecule has 0 fully saturated rings. The van der Waals surface area contributed by atoms with E-state index in [9.17, 15) is 9.50 Å². The SMILES string of the molecule is CC(C)C(C)C(O)c1ccc(Cl)cc1F. The number of hydrogen-bond acceptors (Lipinski definition) is 1. The Labute approximate surface area is 94.9 Å². The van der Waals surface area contributed by atoms with Gasteiger partial charge >= 0.3 is 0 Å². The summed E-state index contributed by atoms with van der Waals surface area (Å²) in [5, 5.41) is 10.3. The second-order valence-corrected chi connectivity index (χ2v) is 4.65. The first-order valence-electron chi connectivity index (χ1n) is 5.06. The Hall–Kier alpha value is -0.600. The molecule has 0 saturated heterocycles. The quantitative estimate of drug-likeness (QED) is 0.838. The third-order valence-corrected chi connectivity index (χ3v) is 3.07. The number of aliphatic hydroxyl groups excluding tert-OH is 1. The molecule has 0 spiro atoms. The molecule has 0 radical (unpaired) electrons. The van der Waals surface area contributed by atoms with E-state index in [2.05, 4.69) is 0 Å². The lowest BCUT2D eigenvalue weighted by Crippen LogP contribution is -2.16. The van der Waals surface area contributed by atoms with Crippen molar-refractivity contribution in [1.82, 2.24) is 0 Å². The molecule has 84 valence electrons. The Morgan fingerprint density at radius 2 is 1.87 bits per heavy atom. The molecule has 0 aliphatic heterocycles. The molecule has 0 aliphatic carbocycles. The van der Waals surface area contributed by atoms with Gasteiger partial charge in [0, 0.05) is 10.6 Å². The standard InChI is InChI=1S/C12H16ClFO/c1-7(2)8(3)12(15)10-5-4-9(13)6-11(10)14/h4-8,12,15H,1-3H3. The van der Waals surface area contributed by atoms with Crippen molar-refractivity contribution in [3.63, 3.8) is 0 Å². The molecule has 15 heavy (non-hydrogen) atoms. The van der Waals surface area contributed by atoms with Crippen molar-refractivity contribution in [1.29, 1.82) is 0 Å². The van der Waals surface area contributed by atoms with Crippen molar-refractivity contribution < 1.29 is 9.50 Å². The van der Waals surface area contributed by atoms with E-state index in [0.717, 1.165) is 0 Å². The lowest BCUT2D eigenvalue weighted by molar-refractivity contribution is 0.0887. The van der Waals surface area contributed by atoms with E-state index in [4.69, 9.17) is 11.6 Å². The minimum absolute atomic E-state index is 0.0145. The van der Waals surface area contributed by atoms with Crippen molar-refractivity contribution in [3.05, 3.63) is 34.6 Å². The van der Waals surface area contributed by atoms with E-state index < -0.39 is 11.9 Å². The predicted molar refractivity (Wildman–Crippen MR) is 60.4 cm³/mol. The van der Waals surface area contributed by atoms with Crippen molar-refractivity contribution in [2.24, 2.45) is 11.8 Å². The summed E-state index contributed by atoms with van der Waals surface area (Å²) >= 11 is 5.64. The molecule has 2 atom stereocenters. The highest BCUT2D eigenvalue weighted by atomic mass is 35.5. The number of benzene rings is 1. The molecule has 1 N–H and O–H groups in total. The van der Waals surface area contributed by atoms with Crippen LogP contribution in [-0.2, 0) is 0 Å². The molecule has 3 heteroatoms. The molecule has 0 heterocycles. The summed E-state index contributed by atoms with van der Waals surface area (Å²) in [6.07, 6.45) is -0.776. The second kappa shape index (κ2) is 4.95. The second-order valence-electron chi connectivity index (χ2n) is 4.21. The minimum Gasteiger partial charge on any atom is -0.388 e. The van der Waals surface area contributed by atoms with Gasteiger partial charge in [-0.25, -0.2) is 4.39 Å². The number of halogens is 2. The maximum atomic E-state index is 13.5. The van der Waals surface area contributed by atoms with Gasteiger partial charge in [-0.1, -0.05) is 38.4 Å². The Morgan fingerprint density at radius 3 is 2.33 bits per heavy atom. The smallest absolute Gasteiger partial charge is 0.130 e. The highest BCUT2D eigenvalue weighted by Gasteiger charge is 2.22. The van der Waals surface area contributed by atoms with Crippen LogP contribution < -0.4 is 0 Å². The molecule has 0 saturated carbocycles. The van der Waals surface area contributed by atoms with E-state index in [1.807, 2.05) is 20.8 Å². The van der Waals surface area contributed by atoms with Crippen LogP contribution in [0.25, 0.3) is 0 Å². The van der Waals surface area contributed by atoms with Gasteiger partial charge in [0.15, 0.2) is 0 Å². The van der Waals surface area contributed by atoms with E-state index in [0.29, 0.717) is 16.5 Å². The van der Waals surface area contributed by atoms with Crippen LogP contribution in [0.3, 0.4) is 0 Å². The monoisotopic (exact) mass is 230 g/mol. The zero-order valence-corrected chi connectivity index (χ0v) is 9.92. The Bertz CT molecular complexity index is 338. The summed E-state index contributed by atoms with van der Waals surface area (Å²) in [6, 6.07) is 4.37. The molecule has 1 aromatic rings. The van der Waals surface area contributed by atoms with Crippen LogP contribution in [-0.4, -0.2) is 5.11 Å². The average Bonchev–Trinajstić information content (AvgIpc) is 2.15. The predicted octanol–water partition coefficient (Wildman–Crippen LogP) is 3.80. The Kier molecular flexibility index (Phi) is 4.12. The van der Waals surface area contributed by atoms with Gasteiger partial charge in [0.2, 0.25) is 0 Å². The lowest BCUT2D eigenvalue weighted by Gasteiger charge is -2.22. The largest absolute Gasteiger partial charge is 0.388 e. The maximum Gasteiger partial charge on any atom is 0.130 e. The number of hydrogen-bond donors (Lipinski definition) is 1. The summed E-state index contributed by atoms with van der Waals surface area (Å²) in [7, 11) is 0. The summed E-state index contributed by atoms with van der Waals surface area (Å²) in [5.74, 6) is -0.127. The zero-order chi connectivity index (χ0) is 11.6. The van der Waals surface area contributed by atoms with Gasteiger partial charge in [-0.05, 0) is 24.0 Å².